The van der Waals surface area contributed by atoms with Crippen LogP contribution in [0.2, 0.25) is 0 Å². The molecule has 3 heteroatoms. The first-order chi connectivity index (χ1) is 8.19. The maximum Gasteiger partial charge on any atom is 0.0116 e. The Balaban J connectivity index is 0.00000120. The molecule has 0 N–H and O–H groups in total. The van der Waals surface area contributed by atoms with Crippen molar-refractivity contribution in [2.45, 2.75) is 26.2 Å². The van der Waals surface area contributed by atoms with Gasteiger partial charge in [0.2, 0.25) is 0 Å². The molecule has 2 aliphatic rings. The van der Waals surface area contributed by atoms with Crippen molar-refractivity contribution in [3.05, 3.63) is 65.3 Å². The van der Waals surface area contributed by atoms with Gasteiger partial charge >= 0.3 is 0 Å². The molecule has 106 valence electrons. The van der Waals surface area contributed by atoms with Gasteiger partial charge in [-0.1, -0.05) is 74.1 Å². The van der Waals surface area contributed by atoms with Gasteiger partial charge in [-0.3, -0.25) is 0 Å². The zero-order valence-electron chi connectivity index (χ0n) is 11.8. The van der Waals surface area contributed by atoms with Gasteiger partial charge in [0.15, 0.2) is 0 Å². The number of hydrogen-bond acceptors (Lipinski definition) is 0. The second-order valence-electron chi connectivity index (χ2n) is 5.51. The second kappa shape index (κ2) is 7.78. The fourth-order valence-corrected chi connectivity index (χ4v) is 3.00. The van der Waals surface area contributed by atoms with E-state index in [1.54, 1.807) is 5.57 Å². The van der Waals surface area contributed by atoms with E-state index in [2.05, 4.69) is 68.5 Å². The van der Waals surface area contributed by atoms with E-state index < -0.39 is 0 Å². The molecule has 0 bridgehead atoms. The minimum Gasteiger partial charge on any atom is -0.147 e. The SMILES string of the molecule is CC(C)(C1=CC=CC1)C1C=Cc2ccccc21.Cl.Cl.[Zr]. The van der Waals surface area contributed by atoms with E-state index in [1.807, 2.05) is 0 Å². The van der Waals surface area contributed by atoms with Crippen LogP contribution in [0.25, 0.3) is 6.08 Å². The Kier molecular flexibility index (Phi) is 7.74. The van der Waals surface area contributed by atoms with Gasteiger partial charge in [-0.15, -0.1) is 24.8 Å². The molecule has 2 aliphatic carbocycles. The van der Waals surface area contributed by atoms with Gasteiger partial charge < -0.3 is 0 Å². The third kappa shape index (κ3) is 3.38. The van der Waals surface area contributed by atoms with E-state index in [9.17, 15) is 0 Å². The van der Waals surface area contributed by atoms with Crippen LogP contribution in [0.15, 0.2) is 54.1 Å². The van der Waals surface area contributed by atoms with Gasteiger partial charge in [0.1, 0.15) is 0 Å². The number of hydrogen-bond donors (Lipinski definition) is 0. The molecule has 20 heavy (non-hydrogen) atoms. The minimum atomic E-state index is 0. The molecular formula is C17H20Cl2Zr. The molecule has 0 fully saturated rings. The Labute approximate surface area is 153 Å². The number of halogens is 2. The average Bonchev–Trinajstić information content (AvgIpc) is 2.99. The molecule has 1 unspecified atom stereocenters. The number of allylic oxidation sites excluding steroid dienone is 5. The van der Waals surface area contributed by atoms with E-state index in [0.717, 1.165) is 6.42 Å². The van der Waals surface area contributed by atoms with Gasteiger partial charge in [0.25, 0.3) is 0 Å². The molecule has 1 aromatic rings. The summed E-state index contributed by atoms with van der Waals surface area (Å²) in [7, 11) is 0. The topological polar surface area (TPSA) is 0 Å². The maximum atomic E-state index is 2.36. The summed E-state index contributed by atoms with van der Waals surface area (Å²) >= 11 is 0. The van der Waals surface area contributed by atoms with E-state index in [1.165, 1.54) is 11.1 Å². The summed E-state index contributed by atoms with van der Waals surface area (Å²) in [6.45, 7) is 4.73. The van der Waals surface area contributed by atoms with E-state index in [0.29, 0.717) is 5.92 Å². The number of fused-ring (bicyclic) bond motifs is 1. The van der Waals surface area contributed by atoms with Crippen molar-refractivity contribution in [3.63, 3.8) is 0 Å². The largest absolute Gasteiger partial charge is 0.147 e. The fraction of sp³-hybridized carbons (Fsp3) is 0.294. The van der Waals surface area contributed by atoms with Crippen molar-refractivity contribution in [3.8, 4) is 0 Å². The van der Waals surface area contributed by atoms with Crippen LogP contribution in [0.3, 0.4) is 0 Å². The van der Waals surface area contributed by atoms with Gasteiger partial charge in [-0.2, -0.15) is 0 Å². The van der Waals surface area contributed by atoms with Crippen LogP contribution < -0.4 is 0 Å². The van der Waals surface area contributed by atoms with Crippen molar-refractivity contribution in [2.75, 3.05) is 0 Å². The maximum absolute atomic E-state index is 2.36. The number of benzene rings is 1. The van der Waals surface area contributed by atoms with Crippen LogP contribution >= 0.6 is 24.8 Å². The fourth-order valence-electron chi connectivity index (χ4n) is 3.00. The Hall–Kier alpha value is -0.0969. The summed E-state index contributed by atoms with van der Waals surface area (Å²) in [5.74, 6) is 0.518. The van der Waals surface area contributed by atoms with Crippen molar-refractivity contribution in [1.82, 2.24) is 0 Å². The average molecular weight is 386 g/mol. The van der Waals surface area contributed by atoms with Crippen LogP contribution in [-0.4, -0.2) is 0 Å². The predicted octanol–water partition coefficient (Wildman–Crippen LogP) is 5.55. The molecule has 0 heterocycles. The Bertz CT molecular complexity index is 542. The summed E-state index contributed by atoms with van der Waals surface area (Å²) in [6, 6.07) is 8.75. The first-order valence-electron chi connectivity index (χ1n) is 6.33. The molecule has 1 aromatic carbocycles. The van der Waals surface area contributed by atoms with Crippen LogP contribution in [-0.2, 0) is 26.2 Å². The summed E-state index contributed by atoms with van der Waals surface area (Å²) in [5, 5.41) is 0. The van der Waals surface area contributed by atoms with Crippen LogP contribution in [0.5, 0.6) is 0 Å². The van der Waals surface area contributed by atoms with E-state index in [4.69, 9.17) is 0 Å². The molecule has 1 atom stereocenters. The second-order valence-corrected chi connectivity index (χ2v) is 5.51. The summed E-state index contributed by atoms with van der Waals surface area (Å²) in [5.41, 5.74) is 4.62. The molecule has 0 radical (unpaired) electrons. The molecule has 0 saturated carbocycles. The predicted molar refractivity (Wildman–Crippen MR) is 88.3 cm³/mol. The van der Waals surface area contributed by atoms with Crippen molar-refractivity contribution in [2.24, 2.45) is 5.41 Å². The molecule has 0 nitrogen and oxygen atoms in total. The third-order valence-corrected chi connectivity index (χ3v) is 4.18. The van der Waals surface area contributed by atoms with Gasteiger partial charge in [0, 0.05) is 32.1 Å². The van der Waals surface area contributed by atoms with Crippen molar-refractivity contribution >= 4 is 30.9 Å². The normalized spacial score (nSPS) is 18.5. The molecule has 0 saturated heterocycles. The number of rotatable bonds is 2. The molecule has 3 rings (SSSR count). The summed E-state index contributed by atoms with van der Waals surface area (Å²) < 4.78 is 0. The zero-order chi connectivity index (χ0) is 11.9. The third-order valence-electron chi connectivity index (χ3n) is 4.18. The van der Waals surface area contributed by atoms with Crippen LogP contribution in [0, 0.1) is 5.41 Å². The summed E-state index contributed by atoms with van der Waals surface area (Å²) in [4.78, 5) is 0. The Morgan fingerprint density at radius 1 is 1.10 bits per heavy atom. The smallest absolute Gasteiger partial charge is 0.0116 e. The van der Waals surface area contributed by atoms with Crippen LogP contribution in [0.4, 0.5) is 0 Å². The zero-order valence-corrected chi connectivity index (χ0v) is 15.9. The van der Waals surface area contributed by atoms with Gasteiger partial charge in [-0.25, -0.2) is 0 Å². The molecule has 0 amide bonds. The minimum absolute atomic E-state index is 0. The van der Waals surface area contributed by atoms with Gasteiger partial charge in [0.05, 0.1) is 0 Å². The monoisotopic (exact) mass is 384 g/mol. The quantitative estimate of drug-likeness (QED) is 0.625. The standard InChI is InChI=1S/C17H18.2ClH.Zr/c1-17(2,14-8-4-5-9-14)16-12-11-13-7-3-6-10-15(13)16;;;/h3-8,10-12,16H,9H2,1-2H3;2*1H;. The first-order valence-corrected chi connectivity index (χ1v) is 6.33. The first kappa shape index (κ1) is 19.9. The van der Waals surface area contributed by atoms with E-state index in [-0.39, 0.29) is 56.4 Å². The molecule has 0 aliphatic heterocycles. The molecule has 0 aromatic heterocycles. The van der Waals surface area contributed by atoms with E-state index >= 15 is 0 Å². The van der Waals surface area contributed by atoms with Crippen molar-refractivity contribution in [1.29, 1.82) is 0 Å². The summed E-state index contributed by atoms with van der Waals surface area (Å²) in [6.07, 6.45) is 12.5. The van der Waals surface area contributed by atoms with Crippen LogP contribution in [0.1, 0.15) is 37.3 Å². The van der Waals surface area contributed by atoms with Gasteiger partial charge in [-0.05, 0) is 23.0 Å². The molecule has 0 spiro atoms. The Morgan fingerprint density at radius 2 is 1.80 bits per heavy atom. The molecular weight excluding hydrogens is 366 g/mol. The van der Waals surface area contributed by atoms with Crippen molar-refractivity contribution < 1.29 is 26.2 Å². The Morgan fingerprint density at radius 3 is 2.45 bits per heavy atom.